The topological polar surface area (TPSA) is 55.1 Å². The zero-order chi connectivity index (χ0) is 14.7. The van der Waals surface area contributed by atoms with Gasteiger partial charge in [-0.05, 0) is 45.8 Å². The first-order valence-electron chi connectivity index (χ1n) is 5.75. The molecule has 2 aromatic rings. The molecule has 0 unspecified atom stereocenters. The minimum absolute atomic E-state index is 0.171. The minimum atomic E-state index is -0.171. The molecule has 3 N–H and O–H groups in total. The van der Waals surface area contributed by atoms with Crippen LogP contribution in [-0.2, 0) is 11.2 Å². The minimum Gasteiger partial charge on any atom is -0.399 e. The predicted molar refractivity (Wildman–Crippen MR) is 87.4 cm³/mol. The van der Waals surface area contributed by atoms with Crippen molar-refractivity contribution >= 4 is 56.4 Å². The molecule has 0 aliphatic rings. The maximum Gasteiger partial charge on any atom is 0.228 e. The zero-order valence-electron chi connectivity index (χ0n) is 10.3. The molecule has 6 heteroatoms. The molecule has 0 fully saturated rings. The van der Waals surface area contributed by atoms with E-state index in [1.165, 1.54) is 0 Å². The van der Waals surface area contributed by atoms with Gasteiger partial charge in [0.1, 0.15) is 0 Å². The van der Waals surface area contributed by atoms with E-state index in [0.717, 1.165) is 5.56 Å². The van der Waals surface area contributed by atoms with E-state index in [9.17, 15) is 4.79 Å². The lowest BCUT2D eigenvalue weighted by Crippen LogP contribution is -2.14. The van der Waals surface area contributed by atoms with E-state index in [1.807, 2.05) is 12.1 Å². The van der Waals surface area contributed by atoms with Crippen LogP contribution in [0.25, 0.3) is 0 Å². The van der Waals surface area contributed by atoms with E-state index in [0.29, 0.717) is 25.9 Å². The summed E-state index contributed by atoms with van der Waals surface area (Å²) in [6.45, 7) is 0. The second-order valence-electron chi connectivity index (χ2n) is 4.19. The van der Waals surface area contributed by atoms with Gasteiger partial charge in [0.05, 0.1) is 22.2 Å². The van der Waals surface area contributed by atoms with Gasteiger partial charge in [0.25, 0.3) is 0 Å². The van der Waals surface area contributed by atoms with E-state index < -0.39 is 0 Å². The fourth-order valence-electron chi connectivity index (χ4n) is 1.64. The van der Waals surface area contributed by atoms with Gasteiger partial charge < -0.3 is 11.1 Å². The highest BCUT2D eigenvalue weighted by atomic mass is 79.9. The quantitative estimate of drug-likeness (QED) is 0.613. The van der Waals surface area contributed by atoms with E-state index in [2.05, 4.69) is 21.2 Å². The van der Waals surface area contributed by atoms with Crippen molar-refractivity contribution < 1.29 is 4.79 Å². The first-order valence-corrected chi connectivity index (χ1v) is 7.30. The van der Waals surface area contributed by atoms with Crippen LogP contribution in [-0.4, -0.2) is 5.91 Å². The third kappa shape index (κ3) is 3.66. The summed E-state index contributed by atoms with van der Waals surface area (Å²) < 4.78 is 0.681. The van der Waals surface area contributed by atoms with Gasteiger partial charge in [0.2, 0.25) is 5.91 Å². The van der Waals surface area contributed by atoms with Gasteiger partial charge in [-0.15, -0.1) is 0 Å². The molecule has 2 rings (SSSR count). The number of nitrogens with one attached hydrogen (secondary N) is 1. The second-order valence-corrected chi connectivity index (χ2v) is 5.80. The van der Waals surface area contributed by atoms with E-state index >= 15 is 0 Å². The molecule has 20 heavy (non-hydrogen) atoms. The van der Waals surface area contributed by atoms with Gasteiger partial charge in [0, 0.05) is 10.2 Å². The Morgan fingerprint density at radius 3 is 2.40 bits per heavy atom. The van der Waals surface area contributed by atoms with Gasteiger partial charge in [-0.25, -0.2) is 0 Å². The Labute approximate surface area is 135 Å². The van der Waals surface area contributed by atoms with Crippen molar-refractivity contribution in [3.8, 4) is 0 Å². The van der Waals surface area contributed by atoms with Crippen LogP contribution in [0.2, 0.25) is 10.0 Å². The molecule has 0 bridgehead atoms. The van der Waals surface area contributed by atoms with Crippen LogP contribution in [0.5, 0.6) is 0 Å². The Hall–Kier alpha value is -1.23. The van der Waals surface area contributed by atoms with Gasteiger partial charge in [0.15, 0.2) is 0 Å². The fourth-order valence-corrected chi connectivity index (χ4v) is 2.46. The molecule has 3 nitrogen and oxygen atoms in total. The lowest BCUT2D eigenvalue weighted by atomic mass is 10.1. The summed E-state index contributed by atoms with van der Waals surface area (Å²) in [4.78, 5) is 12.0. The predicted octanol–water partition coefficient (Wildman–Crippen LogP) is 4.52. The van der Waals surface area contributed by atoms with Crippen LogP contribution in [0.1, 0.15) is 5.56 Å². The van der Waals surface area contributed by atoms with Gasteiger partial charge in [-0.2, -0.15) is 0 Å². The molecule has 1 amide bonds. The normalized spacial score (nSPS) is 10.3. The Kier molecular flexibility index (Phi) is 4.91. The second kappa shape index (κ2) is 6.48. The highest BCUT2D eigenvalue weighted by molar-refractivity contribution is 9.10. The molecule has 0 atom stereocenters. The fraction of sp³-hybridized carbons (Fsp3) is 0.0714. The van der Waals surface area contributed by atoms with Crippen molar-refractivity contribution in [1.29, 1.82) is 0 Å². The summed E-state index contributed by atoms with van der Waals surface area (Å²) in [5.41, 5.74) is 7.62. The molecule has 0 aromatic heterocycles. The Morgan fingerprint density at radius 2 is 1.75 bits per heavy atom. The number of hydrogen-bond acceptors (Lipinski definition) is 2. The van der Waals surface area contributed by atoms with Gasteiger partial charge >= 0.3 is 0 Å². The van der Waals surface area contributed by atoms with Crippen molar-refractivity contribution in [2.75, 3.05) is 11.1 Å². The summed E-state index contributed by atoms with van der Waals surface area (Å²) >= 11 is 15.3. The van der Waals surface area contributed by atoms with Crippen molar-refractivity contribution in [3.05, 3.63) is 56.5 Å². The molecule has 0 saturated heterocycles. The smallest absolute Gasteiger partial charge is 0.228 e. The van der Waals surface area contributed by atoms with Crippen LogP contribution in [0, 0.1) is 0 Å². The molecule has 2 aromatic carbocycles. The number of nitrogen functional groups attached to an aromatic ring is 1. The van der Waals surface area contributed by atoms with Crippen LogP contribution in [0.3, 0.4) is 0 Å². The third-order valence-electron chi connectivity index (χ3n) is 2.65. The average molecular weight is 374 g/mol. The van der Waals surface area contributed by atoms with Gasteiger partial charge in [-0.3, -0.25) is 4.79 Å². The number of halogens is 3. The largest absolute Gasteiger partial charge is 0.399 e. The molecule has 0 aliphatic carbocycles. The SMILES string of the molecule is Nc1ccc(CC(=O)Nc2ccc(Br)c(Cl)c2Cl)cc1. The van der Waals surface area contributed by atoms with E-state index in [-0.39, 0.29) is 12.3 Å². The number of nitrogens with two attached hydrogens (primary N) is 1. The van der Waals surface area contributed by atoms with Crippen molar-refractivity contribution in [2.45, 2.75) is 6.42 Å². The molecule has 0 saturated carbocycles. The standard InChI is InChI=1S/C14H11BrCl2N2O/c15-10-5-6-11(14(17)13(10)16)19-12(20)7-8-1-3-9(18)4-2-8/h1-6H,7,18H2,(H,19,20). The Morgan fingerprint density at radius 1 is 1.10 bits per heavy atom. The number of benzene rings is 2. The number of anilines is 2. The molecule has 104 valence electrons. The first kappa shape index (κ1) is 15.2. The zero-order valence-corrected chi connectivity index (χ0v) is 13.4. The van der Waals surface area contributed by atoms with E-state index in [4.69, 9.17) is 28.9 Å². The average Bonchev–Trinajstić information content (AvgIpc) is 2.42. The summed E-state index contributed by atoms with van der Waals surface area (Å²) in [5.74, 6) is -0.171. The monoisotopic (exact) mass is 372 g/mol. The Bertz CT molecular complexity index is 644. The third-order valence-corrected chi connectivity index (χ3v) is 4.42. The van der Waals surface area contributed by atoms with Crippen LogP contribution >= 0.6 is 39.1 Å². The lowest BCUT2D eigenvalue weighted by Gasteiger charge is -2.09. The number of amides is 1. The number of carbonyl (C=O) groups is 1. The molecular formula is C14H11BrCl2N2O. The molecule has 0 heterocycles. The maximum atomic E-state index is 12.0. The summed E-state index contributed by atoms with van der Waals surface area (Å²) in [5, 5.41) is 3.42. The number of rotatable bonds is 3. The lowest BCUT2D eigenvalue weighted by molar-refractivity contribution is -0.115. The molecule has 0 spiro atoms. The highest BCUT2D eigenvalue weighted by Gasteiger charge is 2.11. The molecule has 0 radical (unpaired) electrons. The van der Waals surface area contributed by atoms with Crippen molar-refractivity contribution in [2.24, 2.45) is 0 Å². The first-order chi connectivity index (χ1) is 9.47. The molecular weight excluding hydrogens is 363 g/mol. The summed E-state index contributed by atoms with van der Waals surface area (Å²) in [6.07, 6.45) is 0.240. The molecule has 0 aliphatic heterocycles. The van der Waals surface area contributed by atoms with E-state index in [1.54, 1.807) is 24.3 Å². The van der Waals surface area contributed by atoms with Crippen molar-refractivity contribution in [3.63, 3.8) is 0 Å². The number of hydrogen-bond donors (Lipinski definition) is 2. The summed E-state index contributed by atoms with van der Waals surface area (Å²) in [6, 6.07) is 10.6. The number of carbonyl (C=O) groups excluding carboxylic acids is 1. The summed E-state index contributed by atoms with van der Waals surface area (Å²) in [7, 11) is 0. The van der Waals surface area contributed by atoms with Gasteiger partial charge in [-0.1, -0.05) is 35.3 Å². The highest BCUT2D eigenvalue weighted by Crippen LogP contribution is 2.35. The maximum absolute atomic E-state index is 12.0. The van der Waals surface area contributed by atoms with Crippen molar-refractivity contribution in [1.82, 2.24) is 0 Å². The van der Waals surface area contributed by atoms with Crippen LogP contribution in [0.15, 0.2) is 40.9 Å². The Balaban J connectivity index is 2.08. The van der Waals surface area contributed by atoms with Crippen LogP contribution in [0.4, 0.5) is 11.4 Å². The van der Waals surface area contributed by atoms with Crippen LogP contribution < -0.4 is 11.1 Å².